The van der Waals surface area contributed by atoms with E-state index in [0.717, 1.165) is 5.56 Å². The van der Waals surface area contributed by atoms with Gasteiger partial charge in [-0.2, -0.15) is 8.78 Å². The minimum Gasteiger partial charge on any atom is -0.485 e. The van der Waals surface area contributed by atoms with Gasteiger partial charge in [0.2, 0.25) is 23.4 Å². The van der Waals surface area contributed by atoms with Gasteiger partial charge >= 0.3 is 5.97 Å². The average molecular weight is 583 g/mol. The summed E-state index contributed by atoms with van der Waals surface area (Å²) in [6, 6.07) is 7.94. The summed E-state index contributed by atoms with van der Waals surface area (Å²) in [4.78, 5) is 39.9. The van der Waals surface area contributed by atoms with Gasteiger partial charge in [0.25, 0.3) is 0 Å². The number of amides is 2. The predicted octanol–water partition coefficient (Wildman–Crippen LogP) is 3.68. The Morgan fingerprint density at radius 2 is 1.61 bits per heavy atom. The van der Waals surface area contributed by atoms with Crippen molar-refractivity contribution in [2.75, 3.05) is 19.7 Å². The van der Waals surface area contributed by atoms with Crippen molar-refractivity contribution >= 4 is 17.8 Å². The summed E-state index contributed by atoms with van der Waals surface area (Å²) in [5.41, 5.74) is -0.00307. The molecule has 1 aliphatic rings. The molecule has 0 bridgehead atoms. The number of likely N-dealkylation sites (tertiary alicyclic amines) is 1. The highest BCUT2D eigenvalue weighted by Crippen LogP contribution is 2.27. The maximum absolute atomic E-state index is 14.0. The highest BCUT2D eigenvalue weighted by molar-refractivity contribution is 5.82. The van der Waals surface area contributed by atoms with E-state index in [2.05, 4.69) is 5.32 Å². The molecule has 1 fully saturated rings. The van der Waals surface area contributed by atoms with E-state index in [1.165, 1.54) is 0 Å². The summed E-state index contributed by atoms with van der Waals surface area (Å²) in [5.74, 6) is -10.3. The summed E-state index contributed by atoms with van der Waals surface area (Å²) in [7, 11) is 0. The molecule has 12 heteroatoms. The molecule has 1 saturated heterocycles. The topological polar surface area (TPSA) is 105 Å². The number of carbonyl (C=O) groups is 3. The maximum Gasteiger partial charge on any atom is 0.308 e. The number of hydrogen-bond acceptors (Lipinski definition) is 6. The summed E-state index contributed by atoms with van der Waals surface area (Å²) in [6.45, 7) is 4.61. The second kappa shape index (κ2) is 13.8. The molecule has 0 aromatic heterocycles. The van der Waals surface area contributed by atoms with E-state index in [-0.39, 0.29) is 18.4 Å². The number of aliphatic hydroxyl groups excluding tert-OH is 1. The number of rotatable bonds is 10. The second-order valence-electron chi connectivity index (χ2n) is 10.9. The van der Waals surface area contributed by atoms with Crippen molar-refractivity contribution in [1.82, 2.24) is 10.2 Å². The van der Waals surface area contributed by atoms with Crippen molar-refractivity contribution in [3.05, 3.63) is 65.2 Å². The van der Waals surface area contributed by atoms with Gasteiger partial charge in [-0.25, -0.2) is 8.78 Å². The molecule has 1 heterocycles. The van der Waals surface area contributed by atoms with E-state index >= 15 is 0 Å². The molecule has 0 saturated carbocycles. The number of halogens is 4. The van der Waals surface area contributed by atoms with Crippen LogP contribution in [0.2, 0.25) is 0 Å². The molecule has 1 unspecified atom stereocenters. The summed E-state index contributed by atoms with van der Waals surface area (Å²) in [6.07, 6.45) is -1.35. The molecule has 2 aromatic carbocycles. The number of nitrogens with zero attached hydrogens (tertiary/aromatic N) is 1. The van der Waals surface area contributed by atoms with Crippen LogP contribution < -0.4 is 10.1 Å². The molecule has 8 nitrogen and oxygen atoms in total. The van der Waals surface area contributed by atoms with Crippen LogP contribution in [0.5, 0.6) is 5.75 Å². The zero-order valence-corrected chi connectivity index (χ0v) is 23.1. The smallest absolute Gasteiger partial charge is 0.308 e. The van der Waals surface area contributed by atoms with Crippen LogP contribution in [0, 0.1) is 29.2 Å². The minimum atomic E-state index is -1.79. The van der Waals surface area contributed by atoms with Crippen LogP contribution in [0.1, 0.15) is 45.6 Å². The first-order chi connectivity index (χ1) is 19.2. The van der Waals surface area contributed by atoms with Crippen LogP contribution in [0.3, 0.4) is 0 Å². The third-order valence-electron chi connectivity index (χ3n) is 6.49. The molecule has 2 atom stereocenters. The number of carbonyl (C=O) groups excluding carboxylic acids is 3. The number of nitrogens with one attached hydrogen (secondary N) is 1. The zero-order valence-electron chi connectivity index (χ0n) is 23.1. The Hall–Kier alpha value is -3.67. The first-order valence-corrected chi connectivity index (χ1v) is 13.2. The lowest BCUT2D eigenvalue weighted by Crippen LogP contribution is -2.51. The standard InChI is InChI=1S/C29H34F4N2O6/c1-29(2,3)41-24(38)15-21(22(36)16-40-27-25(32)19(30)14-20(31)26(27)33)34-28(39)18-9-11-35(12-10-18)23(37)13-17-7-5-4-6-8-17/h4-8,14,18,21-22,36H,9-13,15-16H2,1-3H3,(H,34,39)/t21-,22?/m0/s1. The summed E-state index contributed by atoms with van der Waals surface area (Å²) < 4.78 is 65.2. The molecule has 3 rings (SSSR count). The molecule has 2 aromatic rings. The zero-order chi connectivity index (χ0) is 30.3. The largest absolute Gasteiger partial charge is 0.485 e. The molecule has 1 aliphatic heterocycles. The van der Waals surface area contributed by atoms with Gasteiger partial charge in [-0.15, -0.1) is 0 Å². The van der Waals surface area contributed by atoms with Gasteiger partial charge in [0.1, 0.15) is 18.3 Å². The van der Waals surface area contributed by atoms with Crippen molar-refractivity contribution in [3.63, 3.8) is 0 Å². The lowest BCUT2D eigenvalue weighted by Gasteiger charge is -2.33. The van der Waals surface area contributed by atoms with Gasteiger partial charge in [-0.3, -0.25) is 14.4 Å². The predicted molar refractivity (Wildman–Crippen MR) is 140 cm³/mol. The third-order valence-corrected chi connectivity index (χ3v) is 6.49. The molecule has 0 radical (unpaired) electrons. The van der Waals surface area contributed by atoms with Crippen molar-refractivity contribution in [3.8, 4) is 5.75 Å². The van der Waals surface area contributed by atoms with E-state index in [0.29, 0.717) is 25.9 Å². The lowest BCUT2D eigenvalue weighted by atomic mass is 9.94. The number of aliphatic hydroxyl groups is 1. The normalized spacial score (nSPS) is 15.7. The maximum atomic E-state index is 14.0. The molecule has 224 valence electrons. The number of benzene rings is 2. The number of piperidine rings is 1. The van der Waals surface area contributed by atoms with Crippen molar-refractivity contribution in [1.29, 1.82) is 0 Å². The number of ether oxygens (including phenoxy) is 2. The van der Waals surface area contributed by atoms with Crippen LogP contribution in [-0.4, -0.2) is 65.2 Å². The monoisotopic (exact) mass is 582 g/mol. The van der Waals surface area contributed by atoms with Crippen LogP contribution in [0.25, 0.3) is 0 Å². The third kappa shape index (κ3) is 9.17. The van der Waals surface area contributed by atoms with Crippen molar-refractivity contribution in [2.45, 2.75) is 64.2 Å². The number of esters is 1. The fourth-order valence-electron chi connectivity index (χ4n) is 4.38. The van der Waals surface area contributed by atoms with Crippen molar-refractivity contribution in [2.24, 2.45) is 5.92 Å². The van der Waals surface area contributed by atoms with Crippen molar-refractivity contribution < 1.29 is 46.5 Å². The van der Waals surface area contributed by atoms with Gasteiger partial charge in [0.15, 0.2) is 17.4 Å². The first kappa shape index (κ1) is 31.9. The summed E-state index contributed by atoms with van der Waals surface area (Å²) in [5, 5.41) is 13.3. The lowest BCUT2D eigenvalue weighted by molar-refractivity contribution is -0.156. The Morgan fingerprint density at radius 1 is 1.02 bits per heavy atom. The van der Waals surface area contributed by atoms with Crippen LogP contribution in [0.15, 0.2) is 36.4 Å². The highest BCUT2D eigenvalue weighted by atomic mass is 19.2. The first-order valence-electron chi connectivity index (χ1n) is 13.2. The fraction of sp³-hybridized carbons (Fsp3) is 0.483. The molecular weight excluding hydrogens is 548 g/mol. The average Bonchev–Trinajstić information content (AvgIpc) is 2.91. The van der Waals surface area contributed by atoms with E-state index in [1.54, 1.807) is 25.7 Å². The molecule has 0 aliphatic carbocycles. The molecular formula is C29H34F4N2O6. The van der Waals surface area contributed by atoms with E-state index in [1.807, 2.05) is 30.3 Å². The highest BCUT2D eigenvalue weighted by Gasteiger charge is 2.33. The van der Waals surface area contributed by atoms with Gasteiger partial charge < -0.3 is 24.8 Å². The number of hydrogen-bond donors (Lipinski definition) is 2. The van der Waals surface area contributed by atoms with Crippen LogP contribution >= 0.6 is 0 Å². The Kier molecular flexibility index (Phi) is 10.7. The van der Waals surface area contributed by atoms with Crippen LogP contribution in [-0.2, 0) is 25.5 Å². The Bertz CT molecular complexity index is 1200. The molecule has 2 N–H and O–H groups in total. The SMILES string of the molecule is CC(C)(C)OC(=O)C[C@H](NC(=O)C1CCN(C(=O)Cc2ccccc2)CC1)C(O)COc1c(F)c(F)cc(F)c1F. The van der Waals surface area contributed by atoms with E-state index < -0.39 is 77.6 Å². The Morgan fingerprint density at radius 3 is 2.17 bits per heavy atom. The fourth-order valence-corrected chi connectivity index (χ4v) is 4.38. The quantitative estimate of drug-likeness (QED) is 0.252. The molecule has 2 amide bonds. The molecule has 0 spiro atoms. The van der Waals surface area contributed by atoms with Gasteiger partial charge in [0, 0.05) is 25.1 Å². The van der Waals surface area contributed by atoms with Crippen LogP contribution in [0.4, 0.5) is 17.6 Å². The summed E-state index contributed by atoms with van der Waals surface area (Å²) >= 11 is 0. The van der Waals surface area contributed by atoms with Gasteiger partial charge in [0.05, 0.1) is 18.9 Å². The molecule has 41 heavy (non-hydrogen) atoms. The Labute approximate surface area is 235 Å². The Balaban J connectivity index is 1.63. The van der Waals surface area contributed by atoms with E-state index in [4.69, 9.17) is 9.47 Å². The second-order valence-corrected chi connectivity index (χ2v) is 10.9. The van der Waals surface area contributed by atoms with E-state index in [9.17, 15) is 37.1 Å². The van der Waals surface area contributed by atoms with Gasteiger partial charge in [-0.05, 0) is 39.2 Å². The minimum absolute atomic E-state index is 0.0139. The van der Waals surface area contributed by atoms with Gasteiger partial charge in [-0.1, -0.05) is 30.3 Å².